The van der Waals surface area contributed by atoms with Crippen LogP contribution in [0.2, 0.25) is 0 Å². The van der Waals surface area contributed by atoms with Crippen LogP contribution < -0.4 is 10.0 Å². The standard InChI is InChI=1S/C26H30N2O3S/c1-6-23(21-12-8-17(2)9-13-21)27-26(29)22-14-11-20(5)25(16-22)32(30,31)28-24-15-18(3)7-10-19(24)4/h7-16,23,28H,6H2,1-5H3,(H,27,29)/t23-/m1/s1. The maximum absolute atomic E-state index is 13.1. The van der Waals surface area contributed by atoms with Crippen LogP contribution in [-0.4, -0.2) is 14.3 Å². The molecule has 0 fully saturated rings. The molecule has 1 amide bonds. The van der Waals surface area contributed by atoms with Crippen LogP contribution in [0.5, 0.6) is 0 Å². The van der Waals surface area contributed by atoms with Crippen molar-refractivity contribution in [1.82, 2.24) is 5.32 Å². The number of carbonyl (C=O) groups is 1. The number of sulfonamides is 1. The SMILES string of the molecule is CC[C@@H](NC(=O)c1ccc(C)c(S(=O)(=O)Nc2cc(C)ccc2C)c1)c1ccc(C)cc1. The summed E-state index contributed by atoms with van der Waals surface area (Å²) >= 11 is 0. The first kappa shape index (κ1) is 23.5. The Morgan fingerprint density at radius 1 is 0.844 bits per heavy atom. The third kappa shape index (κ3) is 5.37. The molecule has 0 aromatic heterocycles. The summed E-state index contributed by atoms with van der Waals surface area (Å²) in [6, 6.07) is 18.2. The summed E-state index contributed by atoms with van der Waals surface area (Å²) in [5.41, 5.74) is 5.37. The second-order valence-electron chi connectivity index (χ2n) is 8.25. The van der Waals surface area contributed by atoms with Crippen molar-refractivity contribution in [2.24, 2.45) is 0 Å². The molecule has 0 aliphatic carbocycles. The van der Waals surface area contributed by atoms with E-state index in [2.05, 4.69) is 10.0 Å². The lowest BCUT2D eigenvalue weighted by molar-refractivity contribution is 0.0935. The Morgan fingerprint density at radius 3 is 2.12 bits per heavy atom. The van der Waals surface area contributed by atoms with Crippen LogP contribution in [0.1, 0.15) is 57.6 Å². The zero-order valence-corrected chi connectivity index (χ0v) is 20.0. The van der Waals surface area contributed by atoms with E-state index in [1.54, 1.807) is 25.1 Å². The molecule has 0 aliphatic heterocycles. The van der Waals surface area contributed by atoms with Crippen LogP contribution >= 0.6 is 0 Å². The summed E-state index contributed by atoms with van der Waals surface area (Å²) in [4.78, 5) is 13.1. The predicted octanol–water partition coefficient (Wildman–Crippen LogP) is 5.60. The first-order chi connectivity index (χ1) is 15.1. The minimum atomic E-state index is -3.86. The fourth-order valence-electron chi connectivity index (χ4n) is 3.54. The van der Waals surface area contributed by atoms with Crippen molar-refractivity contribution in [1.29, 1.82) is 0 Å². The first-order valence-electron chi connectivity index (χ1n) is 10.7. The highest BCUT2D eigenvalue weighted by Crippen LogP contribution is 2.24. The minimum absolute atomic E-state index is 0.0921. The first-order valence-corrected chi connectivity index (χ1v) is 12.2. The van der Waals surface area contributed by atoms with Gasteiger partial charge in [0.15, 0.2) is 0 Å². The summed E-state index contributed by atoms with van der Waals surface area (Å²) in [7, 11) is -3.86. The van der Waals surface area contributed by atoms with Crippen molar-refractivity contribution in [3.63, 3.8) is 0 Å². The number of anilines is 1. The van der Waals surface area contributed by atoms with Gasteiger partial charge in [-0.1, -0.05) is 55.0 Å². The molecule has 3 rings (SSSR count). The summed E-state index contributed by atoms with van der Waals surface area (Å²) in [5.74, 6) is -0.305. The highest BCUT2D eigenvalue weighted by atomic mass is 32.2. The Bertz CT molecular complexity index is 1230. The smallest absolute Gasteiger partial charge is 0.262 e. The number of carbonyl (C=O) groups excluding carboxylic acids is 1. The zero-order valence-electron chi connectivity index (χ0n) is 19.2. The van der Waals surface area contributed by atoms with Gasteiger partial charge in [-0.2, -0.15) is 0 Å². The van der Waals surface area contributed by atoms with Crippen molar-refractivity contribution in [2.45, 2.75) is 52.0 Å². The van der Waals surface area contributed by atoms with Gasteiger partial charge in [0.25, 0.3) is 15.9 Å². The van der Waals surface area contributed by atoms with E-state index >= 15 is 0 Å². The van der Waals surface area contributed by atoms with Gasteiger partial charge in [-0.15, -0.1) is 0 Å². The van der Waals surface area contributed by atoms with Crippen molar-refractivity contribution in [3.05, 3.63) is 94.0 Å². The molecule has 3 aromatic rings. The molecule has 6 heteroatoms. The van der Waals surface area contributed by atoms with Gasteiger partial charge in [0.2, 0.25) is 0 Å². The number of amides is 1. The third-order valence-electron chi connectivity index (χ3n) is 5.57. The molecule has 0 aliphatic rings. The van der Waals surface area contributed by atoms with Crippen LogP contribution in [0, 0.1) is 27.7 Å². The highest BCUT2D eigenvalue weighted by Gasteiger charge is 2.21. The minimum Gasteiger partial charge on any atom is -0.345 e. The van der Waals surface area contributed by atoms with Crippen LogP contribution in [0.15, 0.2) is 65.6 Å². The summed E-state index contributed by atoms with van der Waals surface area (Å²) in [6.45, 7) is 9.50. The van der Waals surface area contributed by atoms with Gasteiger partial charge in [-0.3, -0.25) is 9.52 Å². The normalized spacial score (nSPS) is 12.3. The van der Waals surface area contributed by atoms with Gasteiger partial charge >= 0.3 is 0 Å². The highest BCUT2D eigenvalue weighted by molar-refractivity contribution is 7.92. The lowest BCUT2D eigenvalue weighted by atomic mass is 10.0. The predicted molar refractivity (Wildman–Crippen MR) is 130 cm³/mol. The molecule has 0 spiro atoms. The molecule has 0 unspecified atom stereocenters. The van der Waals surface area contributed by atoms with Crippen LogP contribution in [0.4, 0.5) is 5.69 Å². The number of aryl methyl sites for hydroxylation is 4. The fraction of sp³-hybridized carbons (Fsp3) is 0.269. The summed E-state index contributed by atoms with van der Waals surface area (Å²) in [5, 5.41) is 3.03. The van der Waals surface area contributed by atoms with Crippen molar-refractivity contribution in [3.8, 4) is 0 Å². The van der Waals surface area contributed by atoms with Gasteiger partial charge in [0.1, 0.15) is 0 Å². The fourth-order valence-corrected chi connectivity index (χ4v) is 4.93. The number of rotatable bonds is 7. The van der Waals surface area contributed by atoms with E-state index < -0.39 is 10.0 Å². The average Bonchev–Trinajstić information content (AvgIpc) is 2.75. The molecule has 2 N–H and O–H groups in total. The van der Waals surface area contributed by atoms with Gasteiger partial charge < -0.3 is 5.32 Å². The number of hydrogen-bond donors (Lipinski definition) is 2. The lowest BCUT2D eigenvalue weighted by Crippen LogP contribution is -2.28. The topological polar surface area (TPSA) is 75.3 Å². The molecular formula is C26H30N2O3S. The van der Waals surface area contributed by atoms with Crippen LogP contribution in [0.3, 0.4) is 0 Å². The second kappa shape index (κ2) is 9.57. The average molecular weight is 451 g/mol. The maximum atomic E-state index is 13.1. The van der Waals surface area contributed by atoms with Crippen LogP contribution in [-0.2, 0) is 10.0 Å². The number of benzene rings is 3. The Hall–Kier alpha value is -3.12. The van der Waals surface area contributed by atoms with Crippen molar-refractivity contribution in [2.75, 3.05) is 4.72 Å². The maximum Gasteiger partial charge on any atom is 0.262 e. The van der Waals surface area contributed by atoms with E-state index in [-0.39, 0.29) is 16.8 Å². The Morgan fingerprint density at radius 2 is 1.47 bits per heavy atom. The van der Waals surface area contributed by atoms with E-state index in [9.17, 15) is 13.2 Å². The number of nitrogens with one attached hydrogen (secondary N) is 2. The van der Waals surface area contributed by atoms with Gasteiger partial charge in [0.05, 0.1) is 16.6 Å². The lowest BCUT2D eigenvalue weighted by Gasteiger charge is -2.19. The molecule has 0 saturated heterocycles. The van der Waals surface area contributed by atoms with E-state index in [0.717, 1.165) is 28.7 Å². The molecule has 3 aromatic carbocycles. The second-order valence-corrected chi connectivity index (χ2v) is 9.90. The molecule has 32 heavy (non-hydrogen) atoms. The number of hydrogen-bond acceptors (Lipinski definition) is 3. The van der Waals surface area contributed by atoms with Crippen molar-refractivity contribution >= 4 is 21.6 Å². The summed E-state index contributed by atoms with van der Waals surface area (Å²) < 4.78 is 29.0. The molecule has 5 nitrogen and oxygen atoms in total. The largest absolute Gasteiger partial charge is 0.345 e. The molecule has 0 bridgehead atoms. The Labute approximate surface area is 190 Å². The van der Waals surface area contributed by atoms with E-state index in [1.807, 2.05) is 64.1 Å². The molecular weight excluding hydrogens is 420 g/mol. The molecule has 0 heterocycles. The van der Waals surface area contributed by atoms with Crippen molar-refractivity contribution < 1.29 is 13.2 Å². The van der Waals surface area contributed by atoms with Crippen LogP contribution in [0.25, 0.3) is 0 Å². The molecule has 1 atom stereocenters. The van der Waals surface area contributed by atoms with Gasteiger partial charge in [-0.05, 0) is 74.6 Å². The summed E-state index contributed by atoms with van der Waals surface area (Å²) in [6.07, 6.45) is 0.722. The molecule has 168 valence electrons. The molecule has 0 radical (unpaired) electrons. The molecule has 0 saturated carbocycles. The third-order valence-corrected chi connectivity index (χ3v) is 7.08. The quantitative estimate of drug-likeness (QED) is 0.492. The monoisotopic (exact) mass is 450 g/mol. The zero-order chi connectivity index (χ0) is 23.5. The Balaban J connectivity index is 1.87. The van der Waals surface area contributed by atoms with E-state index in [1.165, 1.54) is 6.07 Å². The van der Waals surface area contributed by atoms with E-state index in [4.69, 9.17) is 0 Å². The van der Waals surface area contributed by atoms with Gasteiger partial charge in [-0.25, -0.2) is 8.42 Å². The van der Waals surface area contributed by atoms with E-state index in [0.29, 0.717) is 16.8 Å². The Kier molecular flexibility index (Phi) is 7.04. The van der Waals surface area contributed by atoms with Gasteiger partial charge in [0, 0.05) is 5.56 Å².